The Morgan fingerprint density at radius 2 is 2.27 bits per heavy atom. The number of carbonyl (C=O) groups is 1. The molecule has 15 heavy (non-hydrogen) atoms. The van der Waals surface area contributed by atoms with Gasteiger partial charge in [-0.3, -0.25) is 4.40 Å². The maximum absolute atomic E-state index is 11.4. The number of hydrogen-bond acceptors (Lipinski definition) is 4. The van der Waals surface area contributed by atoms with Crippen LogP contribution in [0.5, 0.6) is 0 Å². The highest BCUT2D eigenvalue weighted by molar-refractivity contribution is 5.89. The Hall–Kier alpha value is -1.91. The molecule has 0 spiro atoms. The Kier molecular flexibility index (Phi) is 2.37. The number of pyridine rings is 1. The van der Waals surface area contributed by atoms with E-state index in [1.165, 1.54) is 0 Å². The molecule has 0 fully saturated rings. The van der Waals surface area contributed by atoms with Gasteiger partial charge in [0, 0.05) is 6.20 Å². The molecule has 5 heteroatoms. The van der Waals surface area contributed by atoms with Gasteiger partial charge in [-0.15, -0.1) is 10.2 Å². The van der Waals surface area contributed by atoms with Gasteiger partial charge in [0.1, 0.15) is 5.82 Å². The lowest BCUT2D eigenvalue weighted by Gasteiger charge is -2.02. The van der Waals surface area contributed by atoms with Crippen LogP contribution in [0.25, 0.3) is 5.65 Å². The van der Waals surface area contributed by atoms with Crippen LogP contribution in [0.4, 0.5) is 0 Å². The summed E-state index contributed by atoms with van der Waals surface area (Å²) >= 11 is 0. The minimum absolute atomic E-state index is 0.326. The van der Waals surface area contributed by atoms with E-state index in [1.54, 1.807) is 29.7 Å². The number of fused-ring (bicyclic) bond motifs is 1. The van der Waals surface area contributed by atoms with Crippen LogP contribution in [-0.4, -0.2) is 27.2 Å². The molecule has 0 unspecified atom stereocenters. The standard InChI is InChI=1S/C10H11N3O2/c1-3-15-10(14)8-4-5-9-12-11-7(2)13(9)6-8/h4-6H,3H2,1-2H3. The smallest absolute Gasteiger partial charge is 0.339 e. The molecular formula is C10H11N3O2. The lowest BCUT2D eigenvalue weighted by atomic mass is 10.3. The third-order valence-corrected chi connectivity index (χ3v) is 2.08. The van der Waals surface area contributed by atoms with Gasteiger partial charge < -0.3 is 4.74 Å². The molecule has 0 saturated heterocycles. The van der Waals surface area contributed by atoms with Crippen LogP contribution in [-0.2, 0) is 4.74 Å². The van der Waals surface area contributed by atoms with Crippen LogP contribution in [0.3, 0.4) is 0 Å². The van der Waals surface area contributed by atoms with E-state index >= 15 is 0 Å². The van der Waals surface area contributed by atoms with Crippen molar-refractivity contribution in [1.82, 2.24) is 14.6 Å². The van der Waals surface area contributed by atoms with Crippen LogP contribution in [0, 0.1) is 6.92 Å². The van der Waals surface area contributed by atoms with Gasteiger partial charge in [-0.05, 0) is 26.0 Å². The largest absolute Gasteiger partial charge is 0.462 e. The summed E-state index contributed by atoms with van der Waals surface area (Å²) in [6.07, 6.45) is 1.68. The van der Waals surface area contributed by atoms with Crippen LogP contribution in [0.2, 0.25) is 0 Å². The molecule has 0 aliphatic rings. The van der Waals surface area contributed by atoms with Crippen molar-refractivity contribution in [3.63, 3.8) is 0 Å². The van der Waals surface area contributed by atoms with Crippen molar-refractivity contribution in [2.45, 2.75) is 13.8 Å². The Bertz CT molecular complexity index is 504. The van der Waals surface area contributed by atoms with Gasteiger partial charge in [-0.25, -0.2) is 4.79 Å². The van der Waals surface area contributed by atoms with Crippen LogP contribution in [0.1, 0.15) is 23.1 Å². The third kappa shape index (κ3) is 1.68. The zero-order valence-corrected chi connectivity index (χ0v) is 8.60. The molecule has 0 aromatic carbocycles. The van der Waals surface area contributed by atoms with Crippen LogP contribution < -0.4 is 0 Å². The molecule has 2 aromatic heterocycles. The average Bonchev–Trinajstić information content (AvgIpc) is 2.60. The fourth-order valence-corrected chi connectivity index (χ4v) is 1.34. The Morgan fingerprint density at radius 1 is 1.47 bits per heavy atom. The maximum atomic E-state index is 11.4. The molecule has 2 aromatic rings. The van der Waals surface area contributed by atoms with Crippen molar-refractivity contribution in [3.8, 4) is 0 Å². The second kappa shape index (κ2) is 3.68. The lowest BCUT2D eigenvalue weighted by Crippen LogP contribution is -2.06. The molecule has 0 bridgehead atoms. The highest BCUT2D eigenvalue weighted by atomic mass is 16.5. The third-order valence-electron chi connectivity index (χ3n) is 2.08. The predicted octanol–water partition coefficient (Wildman–Crippen LogP) is 1.21. The van der Waals surface area contributed by atoms with E-state index < -0.39 is 0 Å². The van der Waals surface area contributed by atoms with Crippen molar-refractivity contribution in [3.05, 3.63) is 29.7 Å². The quantitative estimate of drug-likeness (QED) is 0.691. The average molecular weight is 205 g/mol. The summed E-state index contributed by atoms with van der Waals surface area (Å²) in [6.45, 7) is 3.98. The van der Waals surface area contributed by atoms with Gasteiger partial charge in [0.15, 0.2) is 5.65 Å². The molecule has 0 aliphatic carbocycles. The zero-order chi connectivity index (χ0) is 10.8. The van der Waals surface area contributed by atoms with Crippen molar-refractivity contribution in [2.24, 2.45) is 0 Å². The number of carbonyl (C=O) groups excluding carboxylic acids is 1. The van der Waals surface area contributed by atoms with Gasteiger partial charge >= 0.3 is 5.97 Å². The molecule has 5 nitrogen and oxygen atoms in total. The van der Waals surface area contributed by atoms with Gasteiger partial charge in [0.25, 0.3) is 0 Å². The first-order valence-electron chi connectivity index (χ1n) is 4.71. The maximum Gasteiger partial charge on any atom is 0.339 e. The van der Waals surface area contributed by atoms with Crippen LogP contribution >= 0.6 is 0 Å². The van der Waals surface area contributed by atoms with E-state index in [4.69, 9.17) is 4.74 Å². The zero-order valence-electron chi connectivity index (χ0n) is 8.60. The molecule has 0 saturated carbocycles. The summed E-state index contributed by atoms with van der Waals surface area (Å²) in [7, 11) is 0. The number of aryl methyl sites for hydroxylation is 1. The van der Waals surface area contributed by atoms with Crippen molar-refractivity contribution >= 4 is 11.6 Å². The Morgan fingerprint density at radius 3 is 3.00 bits per heavy atom. The first-order valence-corrected chi connectivity index (χ1v) is 4.71. The number of nitrogens with zero attached hydrogens (tertiary/aromatic N) is 3. The van der Waals surface area contributed by atoms with E-state index in [0.29, 0.717) is 12.2 Å². The minimum atomic E-state index is -0.326. The van der Waals surface area contributed by atoms with Gasteiger partial charge in [-0.1, -0.05) is 0 Å². The normalized spacial score (nSPS) is 10.5. The predicted molar refractivity (Wildman–Crippen MR) is 53.7 cm³/mol. The second-order valence-corrected chi connectivity index (χ2v) is 3.11. The van der Waals surface area contributed by atoms with Crippen LogP contribution in [0.15, 0.2) is 18.3 Å². The second-order valence-electron chi connectivity index (χ2n) is 3.11. The molecule has 0 atom stereocenters. The summed E-state index contributed by atoms with van der Waals surface area (Å²) in [5, 5.41) is 7.83. The molecular weight excluding hydrogens is 194 g/mol. The minimum Gasteiger partial charge on any atom is -0.462 e. The monoisotopic (exact) mass is 205 g/mol. The van der Waals surface area contributed by atoms with E-state index in [2.05, 4.69) is 10.2 Å². The van der Waals surface area contributed by atoms with E-state index in [1.807, 2.05) is 6.92 Å². The van der Waals surface area contributed by atoms with E-state index in [0.717, 1.165) is 11.5 Å². The van der Waals surface area contributed by atoms with Gasteiger partial charge in [0.2, 0.25) is 0 Å². The van der Waals surface area contributed by atoms with Crippen molar-refractivity contribution < 1.29 is 9.53 Å². The first-order chi connectivity index (χ1) is 7.22. The molecule has 2 rings (SSSR count). The molecule has 2 heterocycles. The summed E-state index contributed by atoms with van der Waals surface area (Å²) < 4.78 is 6.66. The van der Waals surface area contributed by atoms with Gasteiger partial charge in [0.05, 0.1) is 12.2 Å². The first kappa shape index (κ1) is 9.64. The summed E-state index contributed by atoms with van der Waals surface area (Å²) in [5.41, 5.74) is 1.23. The topological polar surface area (TPSA) is 56.5 Å². The lowest BCUT2D eigenvalue weighted by molar-refractivity contribution is 0.0526. The number of rotatable bonds is 2. The molecule has 78 valence electrons. The Labute approximate surface area is 86.7 Å². The van der Waals surface area contributed by atoms with Crippen molar-refractivity contribution in [2.75, 3.05) is 6.61 Å². The fourth-order valence-electron chi connectivity index (χ4n) is 1.34. The SMILES string of the molecule is CCOC(=O)c1ccc2nnc(C)n2c1. The molecule has 0 radical (unpaired) electrons. The highest BCUT2D eigenvalue weighted by Crippen LogP contribution is 2.07. The van der Waals surface area contributed by atoms with E-state index in [-0.39, 0.29) is 5.97 Å². The summed E-state index contributed by atoms with van der Waals surface area (Å²) in [6, 6.07) is 3.42. The molecule has 0 aliphatic heterocycles. The molecule has 0 amide bonds. The number of hydrogen-bond donors (Lipinski definition) is 0. The van der Waals surface area contributed by atoms with E-state index in [9.17, 15) is 4.79 Å². The number of esters is 1. The summed E-state index contributed by atoms with van der Waals surface area (Å²) in [5.74, 6) is 0.420. The molecule has 0 N–H and O–H groups in total. The number of ether oxygens (including phenoxy) is 1. The van der Waals surface area contributed by atoms with Crippen molar-refractivity contribution in [1.29, 1.82) is 0 Å². The summed E-state index contributed by atoms with van der Waals surface area (Å²) in [4.78, 5) is 11.4. The highest BCUT2D eigenvalue weighted by Gasteiger charge is 2.08. The fraction of sp³-hybridized carbons (Fsp3) is 0.300. The number of aromatic nitrogens is 3. The van der Waals surface area contributed by atoms with Gasteiger partial charge in [-0.2, -0.15) is 0 Å². The Balaban J connectivity index is 2.45.